The molecule has 0 aromatic heterocycles. The summed E-state index contributed by atoms with van der Waals surface area (Å²) in [6.45, 7) is 1.36. The first-order valence-electron chi connectivity index (χ1n) is 11.5. The average molecular weight is 492 g/mol. The van der Waals surface area contributed by atoms with Crippen molar-refractivity contribution >= 4 is 17.7 Å². The third-order valence-electron chi connectivity index (χ3n) is 5.90. The molecule has 4 rings (SSSR count). The molecule has 2 amide bonds. The highest BCUT2D eigenvalue weighted by molar-refractivity contribution is 6.00. The highest BCUT2D eigenvalue weighted by atomic mass is 16.5. The molecule has 0 atom stereocenters. The fraction of sp³-hybridized carbons (Fsp3) is 0.259. The van der Waals surface area contributed by atoms with Gasteiger partial charge in [0.1, 0.15) is 12.4 Å². The van der Waals surface area contributed by atoms with E-state index in [0.29, 0.717) is 48.2 Å². The fourth-order valence-electron chi connectivity index (χ4n) is 3.88. The number of nitrogens with zero attached hydrogens (tertiary/aromatic N) is 1. The molecular weight excluding hydrogens is 462 g/mol. The topological polar surface area (TPSA) is 109 Å². The van der Waals surface area contributed by atoms with Gasteiger partial charge in [-0.2, -0.15) is 0 Å². The van der Waals surface area contributed by atoms with Crippen molar-refractivity contribution in [1.29, 1.82) is 0 Å². The van der Waals surface area contributed by atoms with Crippen molar-refractivity contribution in [3.05, 3.63) is 83.4 Å². The number of hydrogen-bond acceptors (Lipinski definition) is 6. The van der Waals surface area contributed by atoms with Gasteiger partial charge in [-0.15, -0.1) is 0 Å². The zero-order chi connectivity index (χ0) is 25.5. The minimum absolute atomic E-state index is 0.0745. The van der Waals surface area contributed by atoms with Gasteiger partial charge in [-0.05, 0) is 41.5 Å². The molecule has 9 nitrogen and oxygen atoms in total. The van der Waals surface area contributed by atoms with Crippen LogP contribution in [0.3, 0.4) is 0 Å². The molecule has 188 valence electrons. The van der Waals surface area contributed by atoms with Crippen LogP contribution in [0.2, 0.25) is 0 Å². The summed E-state index contributed by atoms with van der Waals surface area (Å²) in [6, 6.07) is 20.4. The van der Waals surface area contributed by atoms with Crippen LogP contribution in [0.4, 0.5) is 10.5 Å². The molecule has 1 aliphatic heterocycles. The Morgan fingerprint density at radius 3 is 2.39 bits per heavy atom. The van der Waals surface area contributed by atoms with E-state index < -0.39 is 6.09 Å². The Bertz CT molecular complexity index is 1210. The van der Waals surface area contributed by atoms with Gasteiger partial charge in [-0.25, -0.2) is 4.79 Å². The minimum Gasteiger partial charge on any atom is -0.493 e. The predicted molar refractivity (Wildman–Crippen MR) is 135 cm³/mol. The van der Waals surface area contributed by atoms with Crippen LogP contribution in [0, 0.1) is 0 Å². The third-order valence-corrected chi connectivity index (χ3v) is 5.90. The first kappa shape index (κ1) is 24.7. The number of likely N-dealkylation sites (tertiary alicyclic amines) is 1. The number of benzene rings is 3. The van der Waals surface area contributed by atoms with Crippen molar-refractivity contribution in [2.24, 2.45) is 0 Å². The van der Waals surface area contributed by atoms with Crippen LogP contribution in [-0.4, -0.2) is 55.4 Å². The second-order valence-electron chi connectivity index (χ2n) is 8.38. The zero-order valence-corrected chi connectivity index (χ0v) is 20.2. The number of hydrogen-bond donors (Lipinski definition) is 3. The van der Waals surface area contributed by atoms with E-state index in [0.717, 1.165) is 11.1 Å². The van der Waals surface area contributed by atoms with Crippen LogP contribution >= 0.6 is 0 Å². The maximum absolute atomic E-state index is 13.2. The van der Waals surface area contributed by atoms with Gasteiger partial charge >= 0.3 is 6.09 Å². The normalized spacial score (nSPS) is 12.9. The van der Waals surface area contributed by atoms with E-state index in [1.165, 1.54) is 4.90 Å². The molecule has 3 aromatic rings. The van der Waals surface area contributed by atoms with Crippen LogP contribution in [0.1, 0.15) is 21.5 Å². The van der Waals surface area contributed by atoms with Crippen LogP contribution in [0.5, 0.6) is 17.2 Å². The van der Waals surface area contributed by atoms with E-state index in [-0.39, 0.29) is 18.5 Å². The molecule has 3 N–H and O–H groups in total. The van der Waals surface area contributed by atoms with Gasteiger partial charge in [-0.1, -0.05) is 36.4 Å². The van der Waals surface area contributed by atoms with Crippen molar-refractivity contribution in [1.82, 2.24) is 10.2 Å². The van der Waals surface area contributed by atoms with Crippen molar-refractivity contribution in [3.63, 3.8) is 0 Å². The number of methoxy groups -OCH3 is 2. The fourth-order valence-corrected chi connectivity index (χ4v) is 3.88. The lowest BCUT2D eigenvalue weighted by Gasteiger charge is -2.38. The first-order chi connectivity index (χ1) is 17.5. The first-order valence-corrected chi connectivity index (χ1v) is 11.5. The van der Waals surface area contributed by atoms with Crippen LogP contribution in [0.25, 0.3) is 0 Å². The predicted octanol–water partition coefficient (Wildman–Crippen LogP) is 3.99. The molecule has 0 spiro atoms. The third kappa shape index (κ3) is 5.99. The molecule has 1 heterocycles. The van der Waals surface area contributed by atoms with E-state index in [1.807, 2.05) is 42.5 Å². The van der Waals surface area contributed by atoms with Gasteiger partial charge in [0.25, 0.3) is 5.91 Å². The summed E-state index contributed by atoms with van der Waals surface area (Å²) in [6.07, 6.45) is -0.953. The molecule has 0 bridgehead atoms. The standard InChI is InChI=1S/C27H29N3O6/c1-34-24-11-8-19(12-25(24)35-2)14-28-26(31)22-13-21(36-17-18-6-4-3-5-7-18)9-10-23(22)29-20-15-30(16-20)27(32)33/h3-13,20,29H,14-17H2,1-2H3,(H,28,31)(H,32,33). The van der Waals surface area contributed by atoms with Crippen LogP contribution in [-0.2, 0) is 13.2 Å². The maximum Gasteiger partial charge on any atom is 0.407 e. The summed E-state index contributed by atoms with van der Waals surface area (Å²) in [4.78, 5) is 25.6. The Balaban J connectivity index is 1.48. The molecular formula is C27H29N3O6. The number of nitrogens with one attached hydrogen (secondary N) is 2. The Hall–Kier alpha value is -4.40. The Labute approximate surface area is 209 Å². The van der Waals surface area contributed by atoms with Gasteiger partial charge in [0.05, 0.1) is 25.8 Å². The van der Waals surface area contributed by atoms with Crippen LogP contribution in [0.15, 0.2) is 66.7 Å². The maximum atomic E-state index is 13.2. The van der Waals surface area contributed by atoms with E-state index >= 15 is 0 Å². The molecule has 0 radical (unpaired) electrons. The lowest BCUT2D eigenvalue weighted by molar-refractivity contribution is 0.0949. The highest BCUT2D eigenvalue weighted by Gasteiger charge is 2.31. The van der Waals surface area contributed by atoms with E-state index in [9.17, 15) is 9.59 Å². The molecule has 0 unspecified atom stereocenters. The summed E-state index contributed by atoms with van der Waals surface area (Å²) < 4.78 is 16.5. The van der Waals surface area contributed by atoms with Crippen molar-refractivity contribution in [3.8, 4) is 17.2 Å². The molecule has 1 aliphatic rings. The number of carbonyl (C=O) groups is 2. The van der Waals surface area contributed by atoms with Gasteiger partial charge in [0.2, 0.25) is 0 Å². The largest absolute Gasteiger partial charge is 0.493 e. The van der Waals surface area contributed by atoms with E-state index in [2.05, 4.69) is 10.6 Å². The summed E-state index contributed by atoms with van der Waals surface area (Å²) in [7, 11) is 3.13. The van der Waals surface area contributed by atoms with Crippen molar-refractivity contribution < 1.29 is 28.9 Å². The number of carboxylic acid groups (broad SMARTS) is 1. The van der Waals surface area contributed by atoms with Crippen molar-refractivity contribution in [2.75, 3.05) is 32.6 Å². The lowest BCUT2D eigenvalue weighted by atomic mass is 10.1. The monoisotopic (exact) mass is 491 g/mol. The summed E-state index contributed by atoms with van der Waals surface area (Å²) in [5, 5.41) is 15.3. The molecule has 1 fully saturated rings. The second-order valence-corrected chi connectivity index (χ2v) is 8.38. The molecule has 0 aliphatic carbocycles. The molecule has 1 saturated heterocycles. The molecule has 9 heteroatoms. The SMILES string of the molecule is COc1ccc(CNC(=O)c2cc(OCc3ccccc3)ccc2NC2CN(C(=O)O)C2)cc1OC. The van der Waals surface area contributed by atoms with Crippen molar-refractivity contribution in [2.45, 2.75) is 19.2 Å². The smallest absolute Gasteiger partial charge is 0.407 e. The molecule has 36 heavy (non-hydrogen) atoms. The number of anilines is 1. The summed E-state index contributed by atoms with van der Waals surface area (Å²) in [5.74, 6) is 1.46. The number of ether oxygens (including phenoxy) is 3. The quantitative estimate of drug-likeness (QED) is 0.393. The number of rotatable bonds is 10. The van der Waals surface area contributed by atoms with Gasteiger partial charge < -0.3 is 34.9 Å². The average Bonchev–Trinajstić information content (AvgIpc) is 2.88. The van der Waals surface area contributed by atoms with Gasteiger partial charge in [0, 0.05) is 25.3 Å². The number of carbonyl (C=O) groups excluding carboxylic acids is 1. The van der Waals surface area contributed by atoms with Crippen LogP contribution < -0.4 is 24.8 Å². The zero-order valence-electron chi connectivity index (χ0n) is 20.2. The summed E-state index contributed by atoms with van der Waals surface area (Å²) >= 11 is 0. The Morgan fingerprint density at radius 1 is 0.944 bits per heavy atom. The molecule has 0 saturated carbocycles. The second kappa shape index (κ2) is 11.4. The highest BCUT2D eigenvalue weighted by Crippen LogP contribution is 2.28. The minimum atomic E-state index is -0.953. The van der Waals surface area contributed by atoms with E-state index in [4.69, 9.17) is 19.3 Å². The van der Waals surface area contributed by atoms with E-state index in [1.54, 1.807) is 38.5 Å². The Morgan fingerprint density at radius 2 is 1.69 bits per heavy atom. The Kier molecular flexibility index (Phi) is 7.79. The molecule has 3 aromatic carbocycles. The lowest BCUT2D eigenvalue weighted by Crippen LogP contribution is -2.56. The van der Waals surface area contributed by atoms with Gasteiger partial charge in [0.15, 0.2) is 11.5 Å². The van der Waals surface area contributed by atoms with Gasteiger partial charge in [-0.3, -0.25) is 4.79 Å². The summed E-state index contributed by atoms with van der Waals surface area (Å²) in [5.41, 5.74) is 2.89. The number of amides is 2.